The van der Waals surface area contributed by atoms with Crippen LogP contribution in [0.15, 0.2) is 18.2 Å². The van der Waals surface area contributed by atoms with Crippen molar-refractivity contribution in [2.75, 3.05) is 13.7 Å². The molecule has 23 heavy (non-hydrogen) atoms. The number of amides is 1. The maximum atomic E-state index is 11.7. The van der Waals surface area contributed by atoms with E-state index < -0.39 is 51.8 Å². The van der Waals surface area contributed by atoms with Gasteiger partial charge in [-0.3, -0.25) is 34.6 Å². The van der Waals surface area contributed by atoms with Crippen molar-refractivity contribution in [3.05, 3.63) is 44.0 Å². The zero-order valence-corrected chi connectivity index (χ0v) is 11.8. The molecule has 0 bridgehead atoms. The summed E-state index contributed by atoms with van der Waals surface area (Å²) in [5.41, 5.74) is -1.31. The lowest BCUT2D eigenvalue weighted by Gasteiger charge is -2.04. The van der Waals surface area contributed by atoms with Gasteiger partial charge in [0.25, 0.3) is 17.3 Å². The SMILES string of the molecule is COC(=O)CNC(=O)C(=O)Cc1ccc([N+](=O)[O-])cc1[N+](=O)[O-]. The van der Waals surface area contributed by atoms with Crippen molar-refractivity contribution in [3.8, 4) is 0 Å². The monoisotopic (exact) mass is 325 g/mol. The number of carbonyl (C=O) groups is 3. The maximum Gasteiger partial charge on any atom is 0.325 e. The average Bonchev–Trinajstić information content (AvgIpc) is 2.51. The van der Waals surface area contributed by atoms with Gasteiger partial charge in [0, 0.05) is 18.1 Å². The lowest BCUT2D eigenvalue weighted by atomic mass is 10.1. The molecule has 0 radical (unpaired) electrons. The van der Waals surface area contributed by atoms with Gasteiger partial charge in [0.2, 0.25) is 5.78 Å². The van der Waals surface area contributed by atoms with Gasteiger partial charge >= 0.3 is 5.97 Å². The van der Waals surface area contributed by atoms with Gasteiger partial charge in [-0.05, 0) is 6.07 Å². The van der Waals surface area contributed by atoms with E-state index in [9.17, 15) is 34.6 Å². The molecule has 0 unspecified atom stereocenters. The molecule has 1 N–H and O–H groups in total. The molecule has 0 fully saturated rings. The van der Waals surface area contributed by atoms with Gasteiger partial charge in [-0.1, -0.05) is 0 Å². The number of hydrogen-bond donors (Lipinski definition) is 1. The molecule has 1 aromatic rings. The molecule has 1 aromatic carbocycles. The number of esters is 1. The highest BCUT2D eigenvalue weighted by atomic mass is 16.6. The van der Waals surface area contributed by atoms with E-state index in [0.717, 1.165) is 19.2 Å². The number of carbonyl (C=O) groups excluding carboxylic acids is 3. The lowest BCUT2D eigenvalue weighted by molar-refractivity contribution is -0.394. The van der Waals surface area contributed by atoms with E-state index in [4.69, 9.17) is 0 Å². The number of rotatable bonds is 7. The third-order valence-electron chi connectivity index (χ3n) is 2.70. The molecule has 11 heteroatoms. The molecule has 122 valence electrons. The third kappa shape index (κ3) is 4.84. The van der Waals surface area contributed by atoms with Gasteiger partial charge in [0.05, 0.1) is 23.0 Å². The quantitative estimate of drug-likeness (QED) is 0.315. The zero-order chi connectivity index (χ0) is 17.6. The predicted molar refractivity (Wildman–Crippen MR) is 73.5 cm³/mol. The first kappa shape index (κ1) is 17.7. The van der Waals surface area contributed by atoms with Crippen molar-refractivity contribution in [3.63, 3.8) is 0 Å². The molecule has 0 aliphatic heterocycles. The van der Waals surface area contributed by atoms with Crippen LogP contribution in [-0.4, -0.2) is 41.2 Å². The van der Waals surface area contributed by atoms with Crippen LogP contribution in [0.25, 0.3) is 0 Å². The van der Waals surface area contributed by atoms with Crippen molar-refractivity contribution < 1.29 is 29.0 Å². The molecule has 0 atom stereocenters. The normalized spacial score (nSPS) is 9.78. The van der Waals surface area contributed by atoms with Crippen molar-refractivity contribution >= 4 is 29.0 Å². The zero-order valence-electron chi connectivity index (χ0n) is 11.8. The first-order valence-electron chi connectivity index (χ1n) is 6.05. The molecular weight excluding hydrogens is 314 g/mol. The van der Waals surface area contributed by atoms with Crippen molar-refractivity contribution in [1.82, 2.24) is 5.32 Å². The summed E-state index contributed by atoms with van der Waals surface area (Å²) in [7, 11) is 1.09. The minimum atomic E-state index is -1.12. The van der Waals surface area contributed by atoms with Crippen LogP contribution in [0.4, 0.5) is 11.4 Å². The van der Waals surface area contributed by atoms with Crippen molar-refractivity contribution in [2.24, 2.45) is 0 Å². The number of methoxy groups -OCH3 is 1. The Balaban J connectivity index is 2.89. The van der Waals surface area contributed by atoms with Gasteiger partial charge < -0.3 is 10.1 Å². The van der Waals surface area contributed by atoms with Crippen molar-refractivity contribution in [2.45, 2.75) is 6.42 Å². The first-order chi connectivity index (χ1) is 10.8. The predicted octanol–water partition coefficient (Wildman–Crippen LogP) is -0.0962. The number of nitrogens with one attached hydrogen (secondary N) is 1. The molecule has 0 aliphatic rings. The first-order valence-corrected chi connectivity index (χ1v) is 6.05. The Morgan fingerprint density at radius 1 is 1.17 bits per heavy atom. The molecule has 11 nitrogen and oxygen atoms in total. The summed E-state index contributed by atoms with van der Waals surface area (Å²) in [6.07, 6.45) is -0.638. The smallest absolute Gasteiger partial charge is 0.325 e. The lowest BCUT2D eigenvalue weighted by Crippen LogP contribution is -2.36. The minimum Gasteiger partial charge on any atom is -0.468 e. The van der Waals surface area contributed by atoms with Crippen LogP contribution >= 0.6 is 0 Å². The summed E-state index contributed by atoms with van der Waals surface area (Å²) in [6.45, 7) is -0.524. The molecule has 0 aliphatic carbocycles. The summed E-state index contributed by atoms with van der Waals surface area (Å²) in [4.78, 5) is 53.8. The van der Waals surface area contributed by atoms with E-state index >= 15 is 0 Å². The molecule has 0 saturated heterocycles. The summed E-state index contributed by atoms with van der Waals surface area (Å²) in [6, 6.07) is 2.72. The van der Waals surface area contributed by atoms with Crippen LogP contribution in [0.1, 0.15) is 5.56 Å². The Hall–Kier alpha value is -3.37. The number of Topliss-reactive ketones (excluding diaryl/α,β-unsaturated/α-hetero) is 1. The van der Waals surface area contributed by atoms with Gasteiger partial charge in [-0.15, -0.1) is 0 Å². The number of nitrogens with zero attached hydrogens (tertiary/aromatic N) is 2. The van der Waals surface area contributed by atoms with E-state index in [1.165, 1.54) is 0 Å². The molecule has 0 heterocycles. The molecule has 0 aromatic heterocycles. The molecule has 0 saturated carbocycles. The van der Waals surface area contributed by atoms with E-state index in [-0.39, 0.29) is 5.56 Å². The number of non-ortho nitro benzene ring substituents is 1. The summed E-state index contributed by atoms with van der Waals surface area (Å²) in [5, 5.41) is 23.5. The molecule has 0 spiro atoms. The summed E-state index contributed by atoms with van der Waals surface area (Å²) in [5.74, 6) is -2.93. The fourth-order valence-corrected chi connectivity index (χ4v) is 1.56. The molecule has 1 amide bonds. The summed E-state index contributed by atoms with van der Waals surface area (Å²) >= 11 is 0. The second kappa shape index (κ2) is 7.59. The highest BCUT2D eigenvalue weighted by molar-refractivity contribution is 6.36. The third-order valence-corrected chi connectivity index (χ3v) is 2.70. The fraction of sp³-hybridized carbons (Fsp3) is 0.250. The van der Waals surface area contributed by atoms with E-state index in [1.807, 2.05) is 5.32 Å². The van der Waals surface area contributed by atoms with Gasteiger partial charge in [-0.25, -0.2) is 0 Å². The van der Waals surface area contributed by atoms with Gasteiger partial charge in [0.1, 0.15) is 6.54 Å². The van der Waals surface area contributed by atoms with Crippen LogP contribution in [0.3, 0.4) is 0 Å². The number of nitro benzene ring substituents is 2. The van der Waals surface area contributed by atoms with Gasteiger partial charge in [0.15, 0.2) is 0 Å². The Bertz CT molecular complexity index is 685. The fourth-order valence-electron chi connectivity index (χ4n) is 1.56. The Morgan fingerprint density at radius 2 is 1.83 bits per heavy atom. The van der Waals surface area contributed by atoms with E-state index in [0.29, 0.717) is 6.07 Å². The Labute approximate surface area is 128 Å². The second-order valence-electron chi connectivity index (χ2n) is 4.19. The highest BCUT2D eigenvalue weighted by Gasteiger charge is 2.23. The summed E-state index contributed by atoms with van der Waals surface area (Å²) < 4.78 is 4.27. The standard InChI is InChI=1S/C12H11N3O8/c1-23-11(17)6-13-12(18)10(16)4-7-2-3-8(14(19)20)5-9(7)15(21)22/h2-3,5H,4,6H2,1H3,(H,13,18). The van der Waals surface area contributed by atoms with Crippen molar-refractivity contribution in [1.29, 1.82) is 0 Å². The molecule has 1 rings (SSSR count). The maximum absolute atomic E-state index is 11.7. The van der Waals surface area contributed by atoms with Crippen LogP contribution < -0.4 is 5.32 Å². The van der Waals surface area contributed by atoms with Crippen LogP contribution in [0, 0.1) is 20.2 Å². The number of benzene rings is 1. The van der Waals surface area contributed by atoms with Crippen LogP contribution in [0.5, 0.6) is 0 Å². The number of hydrogen-bond acceptors (Lipinski definition) is 8. The topological polar surface area (TPSA) is 159 Å². The van der Waals surface area contributed by atoms with Crippen LogP contribution in [0.2, 0.25) is 0 Å². The average molecular weight is 325 g/mol. The van der Waals surface area contributed by atoms with Crippen LogP contribution in [-0.2, 0) is 25.5 Å². The number of nitro groups is 2. The Kier molecular flexibility index (Phi) is 5.83. The highest BCUT2D eigenvalue weighted by Crippen LogP contribution is 2.25. The number of ketones is 1. The Morgan fingerprint density at radius 3 is 2.35 bits per heavy atom. The second-order valence-corrected chi connectivity index (χ2v) is 4.19. The largest absolute Gasteiger partial charge is 0.468 e. The van der Waals surface area contributed by atoms with Gasteiger partial charge in [-0.2, -0.15) is 0 Å². The number of ether oxygens (including phenoxy) is 1. The molecular formula is C12H11N3O8. The minimum absolute atomic E-state index is 0.154. The van der Waals surface area contributed by atoms with E-state index in [1.54, 1.807) is 0 Å². The van der Waals surface area contributed by atoms with E-state index in [2.05, 4.69) is 4.74 Å².